The first-order chi connectivity index (χ1) is 8.78. The topological polar surface area (TPSA) is 17.8 Å². The number of halogens is 1. The number of aryl methyl sites for hydroxylation is 1. The molecule has 1 heterocycles. The molecule has 0 radical (unpaired) electrons. The molecule has 1 atom stereocenters. The molecule has 1 unspecified atom stereocenters. The summed E-state index contributed by atoms with van der Waals surface area (Å²) < 4.78 is 2.08. The van der Waals surface area contributed by atoms with Gasteiger partial charge in [-0.15, -0.1) is 11.6 Å². The summed E-state index contributed by atoms with van der Waals surface area (Å²) in [5.41, 5.74) is 3.85. The Kier molecular flexibility index (Phi) is 3.13. The molecule has 0 amide bonds. The highest BCUT2D eigenvalue weighted by Gasteiger charge is 2.16. The van der Waals surface area contributed by atoms with E-state index in [0.717, 1.165) is 25.8 Å². The molecule has 2 aromatic rings. The summed E-state index contributed by atoms with van der Waals surface area (Å²) in [4.78, 5) is 0. The molecule has 1 aliphatic carbocycles. The van der Waals surface area contributed by atoms with Crippen LogP contribution in [0.3, 0.4) is 0 Å². The van der Waals surface area contributed by atoms with Gasteiger partial charge in [-0.25, -0.2) is 0 Å². The number of para-hydroxylation sites is 1. The first-order valence-electron chi connectivity index (χ1n) is 6.56. The van der Waals surface area contributed by atoms with Gasteiger partial charge in [-0.2, -0.15) is 5.10 Å². The lowest BCUT2D eigenvalue weighted by atomic mass is 10.1. The van der Waals surface area contributed by atoms with Crippen molar-refractivity contribution in [3.8, 4) is 0 Å². The van der Waals surface area contributed by atoms with Gasteiger partial charge in [0.15, 0.2) is 0 Å². The molecule has 3 heteroatoms. The third-order valence-electron chi connectivity index (χ3n) is 3.59. The van der Waals surface area contributed by atoms with Crippen molar-refractivity contribution in [1.82, 2.24) is 9.78 Å². The van der Waals surface area contributed by atoms with Crippen molar-refractivity contribution >= 4 is 22.5 Å². The van der Waals surface area contributed by atoms with E-state index in [1.54, 1.807) is 0 Å². The molecule has 94 valence electrons. The third kappa shape index (κ3) is 2.05. The van der Waals surface area contributed by atoms with Crippen LogP contribution in [0.15, 0.2) is 35.9 Å². The van der Waals surface area contributed by atoms with Gasteiger partial charge in [0.05, 0.1) is 16.6 Å². The second-order valence-corrected chi connectivity index (χ2v) is 5.40. The molecule has 1 aromatic heterocycles. The van der Waals surface area contributed by atoms with Crippen molar-refractivity contribution in [2.45, 2.75) is 38.1 Å². The number of fused-ring (bicyclic) bond motifs is 1. The molecule has 0 saturated heterocycles. The molecule has 0 N–H and O–H groups in total. The van der Waals surface area contributed by atoms with Crippen molar-refractivity contribution in [2.24, 2.45) is 0 Å². The molecular formula is C15H17ClN2. The Morgan fingerprint density at radius 2 is 2.22 bits per heavy atom. The Labute approximate surface area is 112 Å². The number of hydrogen-bond acceptors (Lipinski definition) is 1. The normalized spacial score (nSPS) is 19.4. The van der Waals surface area contributed by atoms with Crippen molar-refractivity contribution in [3.63, 3.8) is 0 Å². The Morgan fingerprint density at radius 1 is 1.39 bits per heavy atom. The summed E-state index contributed by atoms with van der Waals surface area (Å²) in [5.74, 6) is 0. The molecule has 1 aromatic carbocycles. The van der Waals surface area contributed by atoms with Crippen molar-refractivity contribution < 1.29 is 0 Å². The lowest BCUT2D eigenvalue weighted by Crippen LogP contribution is -1.97. The number of benzene rings is 1. The van der Waals surface area contributed by atoms with E-state index in [9.17, 15) is 0 Å². The van der Waals surface area contributed by atoms with Crippen LogP contribution in [0, 0.1) is 0 Å². The summed E-state index contributed by atoms with van der Waals surface area (Å²) in [6.45, 7) is 3.05. The van der Waals surface area contributed by atoms with Crippen molar-refractivity contribution in [1.29, 1.82) is 0 Å². The Morgan fingerprint density at radius 3 is 2.94 bits per heavy atom. The largest absolute Gasteiger partial charge is 0.265 e. The van der Waals surface area contributed by atoms with Gasteiger partial charge in [-0.05, 0) is 25.8 Å². The van der Waals surface area contributed by atoms with Gasteiger partial charge in [0.1, 0.15) is 0 Å². The van der Waals surface area contributed by atoms with Crippen molar-refractivity contribution in [2.75, 3.05) is 0 Å². The van der Waals surface area contributed by atoms with Crippen LogP contribution in [0.25, 0.3) is 10.9 Å². The lowest BCUT2D eigenvalue weighted by molar-refractivity contribution is 0.670. The zero-order chi connectivity index (χ0) is 12.5. The summed E-state index contributed by atoms with van der Waals surface area (Å²) in [6.07, 6.45) is 5.32. The second kappa shape index (κ2) is 4.77. The molecule has 2 nitrogen and oxygen atoms in total. The minimum atomic E-state index is 0.222. The predicted octanol–water partition coefficient (Wildman–Crippen LogP) is 3.93. The smallest absolute Gasteiger partial charge is 0.0743 e. The highest BCUT2D eigenvalue weighted by atomic mass is 35.5. The minimum absolute atomic E-state index is 0.222. The quantitative estimate of drug-likeness (QED) is 0.604. The predicted molar refractivity (Wildman–Crippen MR) is 76.1 cm³/mol. The number of alkyl halides is 1. The maximum Gasteiger partial charge on any atom is 0.0743 e. The van der Waals surface area contributed by atoms with Crippen LogP contribution in [0.5, 0.6) is 0 Å². The standard InChI is InChI=1S/C15H17ClN2/c1-2-18-15-6-4-3-5-13(15)14(17-18)10-11-7-8-12(16)9-11/h3-6,9,12H,2,7-8,10H2,1H3. The van der Waals surface area contributed by atoms with Crippen LogP contribution in [-0.2, 0) is 13.0 Å². The lowest BCUT2D eigenvalue weighted by Gasteiger charge is -1.98. The van der Waals surface area contributed by atoms with Gasteiger partial charge < -0.3 is 0 Å². The Hall–Kier alpha value is -1.28. The van der Waals surface area contributed by atoms with E-state index in [0.29, 0.717) is 0 Å². The van der Waals surface area contributed by atoms with Crippen LogP contribution < -0.4 is 0 Å². The maximum atomic E-state index is 6.12. The average Bonchev–Trinajstić information content (AvgIpc) is 2.95. The monoisotopic (exact) mass is 260 g/mol. The van der Waals surface area contributed by atoms with Gasteiger partial charge in [0.25, 0.3) is 0 Å². The summed E-state index contributed by atoms with van der Waals surface area (Å²) in [5, 5.41) is 6.23. The molecule has 1 aliphatic rings. The zero-order valence-electron chi connectivity index (χ0n) is 10.6. The van der Waals surface area contributed by atoms with Gasteiger partial charge in [-0.1, -0.05) is 29.8 Å². The molecule has 0 saturated carbocycles. The fourth-order valence-electron chi connectivity index (χ4n) is 2.68. The third-order valence-corrected chi connectivity index (χ3v) is 3.93. The van der Waals surface area contributed by atoms with Crippen LogP contribution in [0.1, 0.15) is 25.5 Å². The molecule has 0 spiro atoms. The molecule has 3 rings (SSSR count). The summed E-state index contributed by atoms with van der Waals surface area (Å²) in [7, 11) is 0. The molecule has 18 heavy (non-hydrogen) atoms. The van der Waals surface area contributed by atoms with Gasteiger partial charge in [0.2, 0.25) is 0 Å². The first kappa shape index (κ1) is 11.8. The fraction of sp³-hybridized carbons (Fsp3) is 0.400. The number of allylic oxidation sites excluding steroid dienone is 2. The number of rotatable bonds is 3. The van der Waals surface area contributed by atoms with Gasteiger partial charge in [-0.3, -0.25) is 4.68 Å². The van der Waals surface area contributed by atoms with E-state index in [-0.39, 0.29) is 5.38 Å². The minimum Gasteiger partial charge on any atom is -0.265 e. The molecule has 0 aliphatic heterocycles. The van der Waals surface area contributed by atoms with Gasteiger partial charge in [0, 0.05) is 18.4 Å². The van der Waals surface area contributed by atoms with Crippen LogP contribution >= 0.6 is 11.6 Å². The second-order valence-electron chi connectivity index (χ2n) is 4.84. The summed E-state index contributed by atoms with van der Waals surface area (Å²) >= 11 is 6.12. The molecule has 0 fully saturated rings. The number of hydrogen-bond donors (Lipinski definition) is 0. The number of nitrogens with zero attached hydrogens (tertiary/aromatic N) is 2. The van der Waals surface area contributed by atoms with Crippen LogP contribution in [-0.4, -0.2) is 15.2 Å². The van der Waals surface area contributed by atoms with E-state index in [1.165, 1.54) is 22.2 Å². The van der Waals surface area contributed by atoms with E-state index in [4.69, 9.17) is 16.7 Å². The fourth-order valence-corrected chi connectivity index (χ4v) is 2.96. The van der Waals surface area contributed by atoms with Gasteiger partial charge >= 0.3 is 0 Å². The first-order valence-corrected chi connectivity index (χ1v) is 6.99. The highest BCUT2D eigenvalue weighted by Crippen LogP contribution is 2.28. The molecular weight excluding hydrogens is 244 g/mol. The van der Waals surface area contributed by atoms with E-state index >= 15 is 0 Å². The van der Waals surface area contributed by atoms with Crippen LogP contribution in [0.4, 0.5) is 0 Å². The Balaban J connectivity index is 1.99. The number of aromatic nitrogens is 2. The Bertz CT molecular complexity index is 598. The van der Waals surface area contributed by atoms with Crippen molar-refractivity contribution in [3.05, 3.63) is 41.6 Å². The molecule has 0 bridgehead atoms. The summed E-state index contributed by atoms with van der Waals surface area (Å²) in [6, 6.07) is 8.46. The SMILES string of the molecule is CCn1nc(CC2=CC(Cl)CC2)c2ccccc21. The van der Waals surface area contributed by atoms with Crippen LogP contribution in [0.2, 0.25) is 0 Å². The maximum absolute atomic E-state index is 6.12. The van der Waals surface area contributed by atoms with E-state index in [1.807, 2.05) is 0 Å². The average molecular weight is 261 g/mol. The van der Waals surface area contributed by atoms with E-state index < -0.39 is 0 Å². The van der Waals surface area contributed by atoms with E-state index in [2.05, 4.69) is 41.9 Å². The highest BCUT2D eigenvalue weighted by molar-refractivity contribution is 6.22. The zero-order valence-corrected chi connectivity index (χ0v) is 11.3.